The van der Waals surface area contributed by atoms with E-state index in [1.165, 1.54) is 53.7 Å². The third-order valence-electron chi connectivity index (χ3n) is 6.17. The normalized spacial score (nSPS) is 30.7. The summed E-state index contributed by atoms with van der Waals surface area (Å²) in [5.41, 5.74) is 1.12. The maximum absolute atomic E-state index is 12.8. The number of hydrogen-bond acceptors (Lipinski definition) is 3. The zero-order valence-electron chi connectivity index (χ0n) is 13.5. The molecule has 1 atom stereocenters. The summed E-state index contributed by atoms with van der Waals surface area (Å²) in [6, 6.07) is 8.66. The largest absolute Gasteiger partial charge is 0.347 e. The summed E-state index contributed by atoms with van der Waals surface area (Å²) in [7, 11) is 0. The minimum atomic E-state index is 0.114. The Bertz CT molecular complexity index is 784. The summed E-state index contributed by atoms with van der Waals surface area (Å²) in [4.78, 5) is 16.8. The first kappa shape index (κ1) is 14.0. The van der Waals surface area contributed by atoms with Crippen molar-refractivity contribution in [3.8, 4) is 0 Å². The zero-order chi connectivity index (χ0) is 15.6. The SMILES string of the molecule is Cc1cc2ccc(C(=O)NC3C4CCN(CC4)C34CC4)cc2s1. The summed E-state index contributed by atoms with van der Waals surface area (Å²) >= 11 is 1.77. The second kappa shape index (κ2) is 4.81. The van der Waals surface area contributed by atoms with Crippen LogP contribution in [0.25, 0.3) is 10.1 Å². The lowest BCUT2D eigenvalue weighted by Crippen LogP contribution is -2.65. The Morgan fingerprint density at radius 3 is 2.78 bits per heavy atom. The summed E-state index contributed by atoms with van der Waals surface area (Å²) in [6.07, 6.45) is 5.01. The highest BCUT2D eigenvalue weighted by molar-refractivity contribution is 7.19. The van der Waals surface area contributed by atoms with E-state index in [9.17, 15) is 4.79 Å². The first-order valence-electron chi connectivity index (χ1n) is 8.72. The number of piperidine rings is 3. The summed E-state index contributed by atoms with van der Waals surface area (Å²) < 4.78 is 1.21. The maximum atomic E-state index is 12.8. The minimum absolute atomic E-state index is 0.114. The molecular weight excluding hydrogens is 304 g/mol. The number of carbonyl (C=O) groups is 1. The van der Waals surface area contributed by atoms with Gasteiger partial charge < -0.3 is 5.32 Å². The van der Waals surface area contributed by atoms with Gasteiger partial charge in [-0.15, -0.1) is 11.3 Å². The molecule has 6 rings (SSSR count). The van der Waals surface area contributed by atoms with E-state index in [-0.39, 0.29) is 5.91 Å². The molecular formula is C19H22N2OS. The number of aryl methyl sites for hydroxylation is 1. The fraction of sp³-hybridized carbons (Fsp3) is 0.526. The molecule has 0 radical (unpaired) electrons. The fourth-order valence-corrected chi connectivity index (χ4v) is 5.81. The van der Waals surface area contributed by atoms with Crippen LogP contribution in [0, 0.1) is 12.8 Å². The Balaban J connectivity index is 1.42. The first-order chi connectivity index (χ1) is 11.2. The van der Waals surface area contributed by atoms with E-state index < -0.39 is 0 Å². The van der Waals surface area contributed by atoms with Crippen LogP contribution in [0.2, 0.25) is 0 Å². The van der Waals surface area contributed by atoms with E-state index in [1.54, 1.807) is 11.3 Å². The molecule has 1 amide bonds. The van der Waals surface area contributed by atoms with Crippen LogP contribution in [0.1, 0.15) is 40.9 Å². The number of fused-ring (bicyclic) bond motifs is 3. The molecule has 4 heterocycles. The van der Waals surface area contributed by atoms with E-state index >= 15 is 0 Å². The van der Waals surface area contributed by atoms with E-state index in [0.717, 1.165) is 5.56 Å². The number of benzene rings is 1. The highest BCUT2D eigenvalue weighted by Gasteiger charge is 2.60. The van der Waals surface area contributed by atoms with Crippen LogP contribution in [0.3, 0.4) is 0 Å². The number of amides is 1. The monoisotopic (exact) mass is 326 g/mol. The number of nitrogens with one attached hydrogen (secondary N) is 1. The quantitative estimate of drug-likeness (QED) is 0.915. The van der Waals surface area contributed by atoms with Crippen LogP contribution < -0.4 is 5.32 Å². The Hall–Kier alpha value is -1.39. The molecule has 1 unspecified atom stereocenters. The van der Waals surface area contributed by atoms with Crippen molar-refractivity contribution in [2.75, 3.05) is 13.1 Å². The molecule has 1 spiro atoms. The van der Waals surface area contributed by atoms with Crippen molar-refractivity contribution in [3.05, 3.63) is 34.7 Å². The van der Waals surface area contributed by atoms with Gasteiger partial charge in [-0.25, -0.2) is 0 Å². The van der Waals surface area contributed by atoms with Crippen molar-refractivity contribution in [1.29, 1.82) is 0 Å². The van der Waals surface area contributed by atoms with Crippen LogP contribution in [-0.4, -0.2) is 35.5 Å². The van der Waals surface area contributed by atoms with Gasteiger partial charge in [0.15, 0.2) is 0 Å². The molecule has 4 heteroatoms. The Kier molecular flexibility index (Phi) is 2.92. The molecule has 2 aromatic rings. The third kappa shape index (κ3) is 2.08. The molecule has 1 aromatic heterocycles. The molecule has 3 saturated heterocycles. The predicted molar refractivity (Wildman–Crippen MR) is 94.1 cm³/mol. The van der Waals surface area contributed by atoms with Crippen LogP contribution >= 0.6 is 11.3 Å². The number of nitrogens with zero attached hydrogens (tertiary/aromatic N) is 1. The van der Waals surface area contributed by atoms with Crippen LogP contribution in [0.5, 0.6) is 0 Å². The van der Waals surface area contributed by atoms with Gasteiger partial charge in [0.05, 0.1) is 6.04 Å². The molecule has 120 valence electrons. The maximum Gasteiger partial charge on any atom is 0.251 e. The summed E-state index contributed by atoms with van der Waals surface area (Å²) in [5, 5.41) is 4.66. The van der Waals surface area contributed by atoms with Crippen molar-refractivity contribution in [3.63, 3.8) is 0 Å². The van der Waals surface area contributed by atoms with Gasteiger partial charge in [-0.2, -0.15) is 0 Å². The van der Waals surface area contributed by atoms with E-state index in [4.69, 9.17) is 0 Å². The van der Waals surface area contributed by atoms with Gasteiger partial charge in [0.25, 0.3) is 5.91 Å². The van der Waals surface area contributed by atoms with Gasteiger partial charge in [0, 0.05) is 20.7 Å². The van der Waals surface area contributed by atoms with Crippen molar-refractivity contribution >= 4 is 27.3 Å². The number of carbonyl (C=O) groups excluding carboxylic acids is 1. The summed E-state index contributed by atoms with van der Waals surface area (Å²) in [6.45, 7) is 4.59. The molecule has 2 bridgehead atoms. The van der Waals surface area contributed by atoms with Crippen molar-refractivity contribution in [2.45, 2.75) is 44.2 Å². The lowest BCUT2D eigenvalue weighted by Gasteiger charge is -2.52. The minimum Gasteiger partial charge on any atom is -0.347 e. The molecule has 3 aliphatic heterocycles. The third-order valence-corrected chi connectivity index (χ3v) is 7.19. The number of hydrogen-bond donors (Lipinski definition) is 1. The number of thiophene rings is 1. The van der Waals surface area contributed by atoms with Crippen LogP contribution in [-0.2, 0) is 0 Å². The van der Waals surface area contributed by atoms with Crippen molar-refractivity contribution in [1.82, 2.24) is 10.2 Å². The molecule has 23 heavy (non-hydrogen) atoms. The lowest BCUT2D eigenvalue weighted by molar-refractivity contribution is -0.00144. The van der Waals surface area contributed by atoms with Gasteiger partial charge in [0.2, 0.25) is 0 Å². The lowest BCUT2D eigenvalue weighted by atomic mass is 9.77. The van der Waals surface area contributed by atoms with Gasteiger partial charge in [-0.3, -0.25) is 9.69 Å². The second-order valence-corrected chi connectivity index (χ2v) is 8.78. The zero-order valence-corrected chi connectivity index (χ0v) is 14.3. The Labute approximate surface area is 140 Å². The molecule has 1 aliphatic carbocycles. The highest BCUT2D eigenvalue weighted by Crippen LogP contribution is 2.53. The Morgan fingerprint density at radius 2 is 2.04 bits per heavy atom. The highest BCUT2D eigenvalue weighted by atomic mass is 32.1. The topological polar surface area (TPSA) is 32.3 Å². The average molecular weight is 326 g/mol. The molecule has 4 aliphatic rings. The van der Waals surface area contributed by atoms with E-state index in [2.05, 4.69) is 35.3 Å². The first-order valence-corrected chi connectivity index (χ1v) is 9.53. The number of rotatable bonds is 2. The summed E-state index contributed by atoms with van der Waals surface area (Å²) in [5.74, 6) is 0.794. The molecule has 1 saturated carbocycles. The smallest absolute Gasteiger partial charge is 0.251 e. The molecule has 4 fully saturated rings. The Morgan fingerprint density at radius 1 is 1.26 bits per heavy atom. The second-order valence-electron chi connectivity index (χ2n) is 7.49. The van der Waals surface area contributed by atoms with Gasteiger partial charge >= 0.3 is 0 Å². The van der Waals surface area contributed by atoms with Gasteiger partial charge in [0.1, 0.15) is 0 Å². The van der Waals surface area contributed by atoms with Gasteiger partial charge in [-0.1, -0.05) is 6.07 Å². The van der Waals surface area contributed by atoms with Crippen LogP contribution in [0.4, 0.5) is 0 Å². The van der Waals surface area contributed by atoms with Crippen molar-refractivity contribution < 1.29 is 4.79 Å². The standard InChI is InChI=1S/C19H22N2OS/c1-12-10-14-2-3-15(11-16(14)23-12)18(22)20-17-13-4-8-21(9-5-13)19(17)6-7-19/h2-3,10-11,13,17H,4-9H2,1H3,(H,20,22). The van der Waals surface area contributed by atoms with Crippen LogP contribution in [0.15, 0.2) is 24.3 Å². The molecule has 3 nitrogen and oxygen atoms in total. The van der Waals surface area contributed by atoms with E-state index in [0.29, 0.717) is 17.5 Å². The van der Waals surface area contributed by atoms with Gasteiger partial charge in [-0.05, 0) is 75.2 Å². The van der Waals surface area contributed by atoms with E-state index in [1.807, 2.05) is 6.07 Å². The molecule has 1 aromatic carbocycles. The van der Waals surface area contributed by atoms with Crippen molar-refractivity contribution in [2.24, 2.45) is 5.92 Å². The predicted octanol–water partition coefficient (Wildman–Crippen LogP) is 3.57. The fourth-order valence-electron chi connectivity index (χ4n) is 4.85. The molecule has 1 N–H and O–H groups in total. The average Bonchev–Trinajstić information content (AvgIpc) is 3.24.